The van der Waals surface area contributed by atoms with E-state index in [0.29, 0.717) is 151 Å². The first kappa shape index (κ1) is 122. The molecule has 6 unspecified atom stereocenters. The Bertz CT molecular complexity index is 5520. The monoisotopic (exact) mass is 2100 g/mol. The van der Waals surface area contributed by atoms with Crippen molar-refractivity contribution < 1.29 is 164 Å². The van der Waals surface area contributed by atoms with Gasteiger partial charge < -0.3 is 116 Å². The molecule has 4 saturated heterocycles. The van der Waals surface area contributed by atoms with Gasteiger partial charge in [0.1, 0.15) is 24.2 Å². The largest absolute Gasteiger partial charge is 0.493 e. The van der Waals surface area contributed by atoms with Crippen molar-refractivity contribution in [3.05, 3.63) is 141 Å². The van der Waals surface area contributed by atoms with E-state index in [2.05, 4.69) is 38.1 Å². The highest BCUT2D eigenvalue weighted by atomic mass is 19.4. The number of aliphatic hydroxyl groups is 1. The molecular formula is C97H118F12N16O23. The number of likely N-dealkylation sites (tertiary alicyclic amines) is 4. The molecule has 11 atom stereocenters. The summed E-state index contributed by atoms with van der Waals surface area (Å²) in [5, 5.41) is 75.0. The lowest BCUT2D eigenvalue weighted by molar-refractivity contribution is -0.193. The van der Waals surface area contributed by atoms with Crippen LogP contribution in [0.4, 0.5) is 52.7 Å². The van der Waals surface area contributed by atoms with Gasteiger partial charge in [-0.25, -0.2) is 19.2 Å². The molecule has 0 aromatic heterocycles. The first-order valence-corrected chi connectivity index (χ1v) is 46.3. The van der Waals surface area contributed by atoms with Crippen LogP contribution in [0.3, 0.4) is 0 Å². The molecule has 39 nitrogen and oxygen atoms in total. The van der Waals surface area contributed by atoms with Gasteiger partial charge >= 0.3 is 48.6 Å². The van der Waals surface area contributed by atoms with Gasteiger partial charge in [0.2, 0.25) is 47.3 Å². The number of amides is 8. The number of carboxylic acids is 4. The molecule has 13 N–H and O–H groups in total. The van der Waals surface area contributed by atoms with Crippen LogP contribution in [-0.4, -0.2) is 304 Å². The number of hydrogen-bond donors (Lipinski definition) is 9. The fourth-order valence-corrected chi connectivity index (χ4v) is 17.7. The number of carbonyl (C=O) groups excluding carboxylic acids is 8. The van der Waals surface area contributed by atoms with Crippen molar-refractivity contribution in [2.75, 3.05) is 95.1 Å². The zero-order chi connectivity index (χ0) is 111. The number of carboxylic acid groups (broad SMARTS) is 4. The van der Waals surface area contributed by atoms with Crippen molar-refractivity contribution in [3.8, 4) is 58.8 Å². The number of aliphatic hydroxyl groups excluding tert-OH is 1. The molecule has 0 aliphatic carbocycles. The highest BCUT2D eigenvalue weighted by Gasteiger charge is 2.46. The van der Waals surface area contributed by atoms with Gasteiger partial charge in [-0.1, -0.05) is 68.4 Å². The number of benzene rings is 5. The fraction of sp³-hybridized carbons (Fsp3) is 0.526. The van der Waals surface area contributed by atoms with Crippen molar-refractivity contribution in [2.45, 2.75) is 227 Å². The van der Waals surface area contributed by atoms with Gasteiger partial charge in [0.05, 0.1) is 135 Å². The number of ether oxygens (including phenoxy) is 6. The van der Waals surface area contributed by atoms with Crippen LogP contribution in [0.5, 0.6) is 34.5 Å². The number of halogens is 12. The standard InChI is InChI=1S/C27H32N4O4.C23H32N4O4.C22H30N4O5.C17H20N4O2.4C2HF3O2/c1-34-24-14-19-10-12-31(26(32)16-22(29)27(33)30-11-6-9-20(30)17-28)23(21(19)15-25(24)35-2)13-18-7-4-3-5-8-18;1-14(2)22-17-11-20(31-4)19(30-3)10-15(17)7-9-27(22)21(28)12-18(25)23(29)26-8-5-6-16(26)13-24;1-30-19-10-14-5-8-26(18(6-9-27)16(14)11-20(19)31-2)21(28)12-17(24)22(29)25-7-3-4-15(25)13-23;18-9-14-6-3-7-21(14)17(23)15(19)8-16(22)20-10-12-4-1-2-5-13(12)11-20;4*3-2(4,5)1(6)7/h3-5,7-8,14-15,20,22-23H,6,9-13,16,29H2,1-2H3;10-11,14,16,18,22H,5-9,12,25H2,1-4H3;10-11,15,17-18,27H,3-9,12,24H2,1-2H3;1-2,4-5,14-15H,3,6-8,10-11,19H2;4*(H,6,7)/t20-,22?,23?;16-,18?,22?;15-,17-,18?;14-,15?;;;;/m0000..../s1. The van der Waals surface area contributed by atoms with E-state index in [-0.39, 0.29) is 104 Å². The maximum atomic E-state index is 13.5. The number of hydrogen-bond acceptors (Lipinski definition) is 27. The summed E-state index contributed by atoms with van der Waals surface area (Å²) in [6.45, 7) is 8.79. The number of nitrogens with two attached hydrogens (primary N) is 4. The third-order valence-electron chi connectivity index (χ3n) is 24.9. The smallest absolute Gasteiger partial charge is 0.490 e. The lowest BCUT2D eigenvalue weighted by Gasteiger charge is -2.40. The van der Waals surface area contributed by atoms with E-state index in [1.165, 1.54) is 19.6 Å². The minimum Gasteiger partial charge on any atom is -0.493 e. The Labute approximate surface area is 843 Å². The number of methoxy groups -OCH3 is 6. The zero-order valence-electron chi connectivity index (χ0n) is 82.0. The maximum absolute atomic E-state index is 13.5. The number of rotatable bonds is 23. The van der Waals surface area contributed by atoms with E-state index >= 15 is 0 Å². The Morgan fingerprint density at radius 3 is 0.905 bits per heavy atom. The molecule has 13 rings (SSSR count). The first-order valence-electron chi connectivity index (χ1n) is 46.3. The van der Waals surface area contributed by atoms with Crippen LogP contribution in [0.15, 0.2) is 91.0 Å². The minimum atomic E-state index is -5.08. The van der Waals surface area contributed by atoms with E-state index in [4.69, 9.17) is 96.2 Å². The molecule has 5 aromatic rings. The van der Waals surface area contributed by atoms with Gasteiger partial charge in [-0.05, 0) is 176 Å². The molecule has 8 heterocycles. The number of nitrogens with zero attached hydrogens (tertiary/aromatic N) is 12. The van der Waals surface area contributed by atoms with Crippen LogP contribution in [0.25, 0.3) is 0 Å². The van der Waals surface area contributed by atoms with E-state index in [1.807, 2.05) is 101 Å². The summed E-state index contributed by atoms with van der Waals surface area (Å²) in [6.07, 6.45) is -11.9. The van der Waals surface area contributed by atoms with Gasteiger partial charge in [0.15, 0.2) is 34.5 Å². The predicted octanol–water partition coefficient (Wildman–Crippen LogP) is 8.66. The summed E-state index contributed by atoms with van der Waals surface area (Å²) < 4.78 is 160. The quantitative estimate of drug-likeness (QED) is 0.0276. The Balaban J connectivity index is 0.000000278. The second kappa shape index (κ2) is 55.8. The van der Waals surface area contributed by atoms with Crippen LogP contribution in [0, 0.1) is 51.2 Å². The van der Waals surface area contributed by atoms with Crippen molar-refractivity contribution >= 4 is 71.1 Å². The SMILES string of the molecule is COc1cc2c(cc1OC)C(C(C)C)N(C(=O)CC(N)C(=O)N1CCC[C@H]1C#N)CC2.COc1cc2c(cc1OC)C(CCO)N(C(=O)C[C@H](N)C(=O)N1CCC[C@H]1C#N)CC2.COc1cc2c(cc1OC)C(Cc1ccccc1)N(C(=O)CC(N)C(=O)N1CCC[C@H]1C#N)CC2.N#C[C@@H]1CCCN1C(=O)C(N)CC(=O)N1Cc2ccccc2C1.O=C(O)C(F)(F)F.O=C(O)C(F)(F)F.O=C(O)C(F)(F)F.O=C(O)C(F)(F)F. The Hall–Kier alpha value is -14.5. The Kier molecular flexibility index (Phi) is 46.1. The van der Waals surface area contributed by atoms with Crippen LogP contribution >= 0.6 is 0 Å². The third kappa shape index (κ3) is 33.5. The normalized spacial score (nSPS) is 19.1. The number of aliphatic carboxylic acids is 4. The summed E-state index contributed by atoms with van der Waals surface area (Å²) in [5.41, 5.74) is 34.0. The van der Waals surface area contributed by atoms with Crippen molar-refractivity contribution in [1.29, 1.82) is 21.0 Å². The number of alkyl halides is 12. The van der Waals surface area contributed by atoms with Crippen LogP contribution in [0.2, 0.25) is 0 Å². The second-order valence-electron chi connectivity index (χ2n) is 34.9. The first-order chi connectivity index (χ1) is 69.6. The van der Waals surface area contributed by atoms with Gasteiger partial charge in [-0.15, -0.1) is 0 Å². The number of nitriles is 4. The van der Waals surface area contributed by atoms with Crippen molar-refractivity contribution in [2.24, 2.45) is 28.9 Å². The number of fused-ring (bicyclic) bond motifs is 4. The molecule has 148 heavy (non-hydrogen) atoms. The molecular weight excluding hydrogens is 1990 g/mol. The molecule has 8 aliphatic rings. The Morgan fingerprint density at radius 1 is 0.365 bits per heavy atom. The molecule has 0 radical (unpaired) electrons. The molecule has 0 bridgehead atoms. The fourth-order valence-electron chi connectivity index (χ4n) is 17.7. The van der Waals surface area contributed by atoms with Gasteiger partial charge in [0, 0.05) is 65.5 Å². The van der Waals surface area contributed by atoms with Crippen LogP contribution in [0.1, 0.15) is 166 Å². The number of carbonyl (C=O) groups is 12. The van der Waals surface area contributed by atoms with Gasteiger partial charge in [-0.2, -0.15) is 73.7 Å². The average molecular weight is 2100 g/mol. The van der Waals surface area contributed by atoms with E-state index in [1.54, 1.807) is 52.5 Å². The van der Waals surface area contributed by atoms with E-state index in [0.717, 1.165) is 75.8 Å². The van der Waals surface area contributed by atoms with E-state index < -0.39 is 96.9 Å². The zero-order valence-corrected chi connectivity index (χ0v) is 82.0. The molecule has 8 amide bonds. The summed E-state index contributed by atoms with van der Waals surface area (Å²) >= 11 is 0. The van der Waals surface area contributed by atoms with Crippen LogP contribution in [-0.2, 0) is 96.3 Å². The lowest BCUT2D eigenvalue weighted by atomic mass is 9.85. The topological polar surface area (TPSA) is 587 Å². The third-order valence-corrected chi connectivity index (χ3v) is 24.9. The molecule has 4 fully saturated rings. The van der Waals surface area contributed by atoms with Crippen molar-refractivity contribution in [1.82, 2.24) is 39.2 Å². The molecule has 51 heteroatoms. The summed E-state index contributed by atoms with van der Waals surface area (Å²) in [4.78, 5) is 152. The van der Waals surface area contributed by atoms with Crippen molar-refractivity contribution in [3.63, 3.8) is 0 Å². The summed E-state index contributed by atoms with van der Waals surface area (Å²) in [5.74, 6) is -9.08. The summed E-state index contributed by atoms with van der Waals surface area (Å²) in [6, 6.07) is 31.9. The Morgan fingerprint density at radius 2 is 0.622 bits per heavy atom. The molecule has 0 spiro atoms. The molecule has 808 valence electrons. The molecule has 5 aromatic carbocycles. The van der Waals surface area contributed by atoms with Gasteiger partial charge in [-0.3, -0.25) is 38.4 Å². The highest BCUT2D eigenvalue weighted by Crippen LogP contribution is 2.45. The predicted molar refractivity (Wildman–Crippen MR) is 497 cm³/mol. The maximum Gasteiger partial charge on any atom is 0.490 e. The second-order valence-corrected chi connectivity index (χ2v) is 34.9. The highest BCUT2D eigenvalue weighted by molar-refractivity contribution is 5.92. The molecule has 8 aliphatic heterocycles. The minimum absolute atomic E-state index is 0.0124. The lowest BCUT2D eigenvalue weighted by Crippen LogP contribution is -2.49. The van der Waals surface area contributed by atoms with Crippen LogP contribution < -0.4 is 51.4 Å². The summed E-state index contributed by atoms with van der Waals surface area (Å²) in [7, 11) is 9.54. The van der Waals surface area contributed by atoms with E-state index in [9.17, 15) is 112 Å². The van der Waals surface area contributed by atoms with Gasteiger partial charge in [0.25, 0.3) is 0 Å². The molecule has 0 saturated carbocycles. The average Bonchev–Trinajstić information content (AvgIpc) is 1.69.